The van der Waals surface area contributed by atoms with Gasteiger partial charge in [0.1, 0.15) is 0 Å². The molecule has 3 nitrogen and oxygen atoms in total. The lowest BCUT2D eigenvalue weighted by Crippen LogP contribution is -2.34. The van der Waals surface area contributed by atoms with Crippen LogP contribution in [0.2, 0.25) is 0 Å². The Balaban J connectivity index is 1.84. The number of carbonyl (C=O) groups excluding carboxylic acids is 1. The van der Waals surface area contributed by atoms with E-state index >= 15 is 0 Å². The van der Waals surface area contributed by atoms with Gasteiger partial charge in [0.05, 0.1) is 0 Å². The molecule has 1 aliphatic rings. The number of nitrogens with two attached hydrogens (primary N) is 1. The predicted molar refractivity (Wildman–Crippen MR) is 73.4 cm³/mol. The van der Waals surface area contributed by atoms with Crippen molar-refractivity contribution < 1.29 is 4.79 Å². The molecule has 0 radical (unpaired) electrons. The van der Waals surface area contributed by atoms with Gasteiger partial charge in [-0.05, 0) is 50.2 Å². The van der Waals surface area contributed by atoms with Crippen LogP contribution in [0.1, 0.15) is 41.6 Å². The number of nitrogens with one attached hydrogen (secondary N) is 1. The third-order valence-corrected chi connectivity index (χ3v) is 3.83. The highest BCUT2D eigenvalue weighted by atomic mass is 16.1. The van der Waals surface area contributed by atoms with Crippen LogP contribution in [0.5, 0.6) is 0 Å². The quantitative estimate of drug-likeness (QED) is 0.859. The Bertz CT molecular complexity index is 409. The molecule has 3 N–H and O–H groups in total. The summed E-state index contributed by atoms with van der Waals surface area (Å²) < 4.78 is 0. The molecular formula is C15H22N2O. The fourth-order valence-corrected chi connectivity index (χ4v) is 2.55. The third-order valence-electron chi connectivity index (χ3n) is 3.83. The zero-order valence-electron chi connectivity index (χ0n) is 11.0. The van der Waals surface area contributed by atoms with Crippen molar-refractivity contribution in [1.29, 1.82) is 0 Å². The van der Waals surface area contributed by atoms with Crippen LogP contribution >= 0.6 is 0 Å². The molecule has 1 aromatic carbocycles. The van der Waals surface area contributed by atoms with Gasteiger partial charge in [-0.3, -0.25) is 4.79 Å². The topological polar surface area (TPSA) is 55.1 Å². The first-order chi connectivity index (χ1) is 8.66. The zero-order valence-corrected chi connectivity index (χ0v) is 11.0. The molecule has 0 unspecified atom stereocenters. The Labute approximate surface area is 109 Å². The van der Waals surface area contributed by atoms with Gasteiger partial charge in [-0.1, -0.05) is 18.2 Å². The number of hydrogen-bond acceptors (Lipinski definition) is 2. The van der Waals surface area contributed by atoms with E-state index in [0.29, 0.717) is 12.0 Å². The summed E-state index contributed by atoms with van der Waals surface area (Å²) in [4.78, 5) is 12.0. The van der Waals surface area contributed by atoms with Gasteiger partial charge in [0, 0.05) is 18.2 Å². The average molecular weight is 246 g/mol. The molecule has 18 heavy (non-hydrogen) atoms. The van der Waals surface area contributed by atoms with Crippen molar-refractivity contribution in [3.63, 3.8) is 0 Å². The van der Waals surface area contributed by atoms with Crippen LogP contribution in [0, 0.1) is 12.8 Å². The number of rotatable bonds is 3. The van der Waals surface area contributed by atoms with E-state index in [-0.39, 0.29) is 5.91 Å². The van der Waals surface area contributed by atoms with E-state index in [0.717, 1.165) is 43.4 Å². The van der Waals surface area contributed by atoms with Crippen LogP contribution in [0.15, 0.2) is 24.3 Å². The van der Waals surface area contributed by atoms with Crippen molar-refractivity contribution in [2.24, 2.45) is 11.7 Å². The standard InChI is InChI=1S/C15H22N2O/c1-11-4-2-3-5-14(11)15(18)17-10-12-6-8-13(16)9-7-12/h2-5,12-13H,6-10,16H2,1H3,(H,17,18). The molecule has 2 rings (SSSR count). The van der Waals surface area contributed by atoms with Gasteiger partial charge in [-0.2, -0.15) is 0 Å². The van der Waals surface area contributed by atoms with E-state index in [1.54, 1.807) is 0 Å². The summed E-state index contributed by atoms with van der Waals surface area (Å²) in [5.74, 6) is 0.640. The van der Waals surface area contributed by atoms with Crippen molar-refractivity contribution >= 4 is 5.91 Å². The first-order valence-electron chi connectivity index (χ1n) is 6.76. The highest BCUT2D eigenvalue weighted by Gasteiger charge is 2.19. The van der Waals surface area contributed by atoms with Gasteiger partial charge < -0.3 is 11.1 Å². The number of amides is 1. The van der Waals surface area contributed by atoms with Gasteiger partial charge in [0.2, 0.25) is 0 Å². The normalized spacial score (nSPS) is 23.7. The number of carbonyl (C=O) groups is 1. The molecule has 98 valence electrons. The van der Waals surface area contributed by atoms with Gasteiger partial charge in [-0.25, -0.2) is 0 Å². The molecule has 0 aliphatic heterocycles. The predicted octanol–water partition coefficient (Wildman–Crippen LogP) is 2.24. The van der Waals surface area contributed by atoms with Crippen LogP contribution in [-0.2, 0) is 0 Å². The summed E-state index contributed by atoms with van der Waals surface area (Å²) in [5, 5.41) is 3.04. The summed E-state index contributed by atoms with van der Waals surface area (Å²) in [5.41, 5.74) is 7.69. The molecule has 0 atom stereocenters. The van der Waals surface area contributed by atoms with E-state index in [4.69, 9.17) is 5.73 Å². The summed E-state index contributed by atoms with van der Waals surface area (Å²) in [7, 11) is 0. The number of hydrogen-bond donors (Lipinski definition) is 2. The zero-order chi connectivity index (χ0) is 13.0. The molecule has 1 aromatic rings. The molecule has 3 heteroatoms. The Kier molecular flexibility index (Phi) is 4.37. The molecular weight excluding hydrogens is 224 g/mol. The lowest BCUT2D eigenvalue weighted by atomic mass is 9.86. The fraction of sp³-hybridized carbons (Fsp3) is 0.533. The Morgan fingerprint density at radius 3 is 2.61 bits per heavy atom. The minimum atomic E-state index is 0.0444. The van der Waals surface area contributed by atoms with Crippen molar-refractivity contribution in [3.05, 3.63) is 35.4 Å². The second-order valence-electron chi connectivity index (χ2n) is 5.31. The molecule has 0 aromatic heterocycles. The van der Waals surface area contributed by atoms with Gasteiger partial charge in [0.15, 0.2) is 0 Å². The molecule has 1 aliphatic carbocycles. The highest BCUT2D eigenvalue weighted by Crippen LogP contribution is 2.22. The maximum atomic E-state index is 12.0. The minimum absolute atomic E-state index is 0.0444. The Morgan fingerprint density at radius 2 is 1.94 bits per heavy atom. The van der Waals surface area contributed by atoms with Gasteiger partial charge >= 0.3 is 0 Å². The second kappa shape index (κ2) is 6.01. The number of aryl methyl sites for hydroxylation is 1. The maximum Gasteiger partial charge on any atom is 0.251 e. The van der Waals surface area contributed by atoms with Crippen LogP contribution in [0.25, 0.3) is 0 Å². The largest absolute Gasteiger partial charge is 0.352 e. The number of benzene rings is 1. The Hall–Kier alpha value is -1.35. The first kappa shape index (κ1) is 13.1. The van der Waals surface area contributed by atoms with Gasteiger partial charge in [-0.15, -0.1) is 0 Å². The molecule has 0 saturated heterocycles. The summed E-state index contributed by atoms with van der Waals surface area (Å²) >= 11 is 0. The first-order valence-corrected chi connectivity index (χ1v) is 6.76. The second-order valence-corrected chi connectivity index (χ2v) is 5.31. The summed E-state index contributed by atoms with van der Waals surface area (Å²) in [6, 6.07) is 8.07. The van der Waals surface area contributed by atoms with E-state index < -0.39 is 0 Å². The summed E-state index contributed by atoms with van der Waals surface area (Å²) in [6.45, 7) is 2.74. The maximum absolute atomic E-state index is 12.0. The smallest absolute Gasteiger partial charge is 0.251 e. The van der Waals surface area contributed by atoms with E-state index in [1.165, 1.54) is 0 Å². The average Bonchev–Trinajstić information content (AvgIpc) is 2.38. The molecule has 0 heterocycles. The fourth-order valence-electron chi connectivity index (χ4n) is 2.55. The lowest BCUT2D eigenvalue weighted by Gasteiger charge is -2.26. The van der Waals surface area contributed by atoms with Crippen LogP contribution in [0.3, 0.4) is 0 Å². The minimum Gasteiger partial charge on any atom is -0.352 e. The third kappa shape index (κ3) is 3.33. The molecule has 1 fully saturated rings. The highest BCUT2D eigenvalue weighted by molar-refractivity contribution is 5.95. The van der Waals surface area contributed by atoms with Crippen LogP contribution in [-0.4, -0.2) is 18.5 Å². The SMILES string of the molecule is Cc1ccccc1C(=O)NCC1CCC(N)CC1. The van der Waals surface area contributed by atoms with E-state index in [9.17, 15) is 4.79 Å². The van der Waals surface area contributed by atoms with E-state index in [1.807, 2.05) is 31.2 Å². The summed E-state index contributed by atoms with van der Waals surface area (Å²) in [6.07, 6.45) is 4.44. The Morgan fingerprint density at radius 1 is 1.28 bits per heavy atom. The van der Waals surface area contributed by atoms with Crippen molar-refractivity contribution in [2.45, 2.75) is 38.6 Å². The van der Waals surface area contributed by atoms with Crippen LogP contribution in [0.4, 0.5) is 0 Å². The molecule has 1 saturated carbocycles. The van der Waals surface area contributed by atoms with Crippen molar-refractivity contribution in [3.8, 4) is 0 Å². The van der Waals surface area contributed by atoms with Crippen LogP contribution < -0.4 is 11.1 Å². The molecule has 0 spiro atoms. The monoisotopic (exact) mass is 246 g/mol. The molecule has 0 bridgehead atoms. The lowest BCUT2D eigenvalue weighted by molar-refractivity contribution is 0.0942. The van der Waals surface area contributed by atoms with Gasteiger partial charge in [0.25, 0.3) is 5.91 Å². The molecule has 1 amide bonds. The van der Waals surface area contributed by atoms with Crippen molar-refractivity contribution in [1.82, 2.24) is 5.32 Å². The van der Waals surface area contributed by atoms with E-state index in [2.05, 4.69) is 5.32 Å². The van der Waals surface area contributed by atoms with Crippen molar-refractivity contribution in [2.75, 3.05) is 6.54 Å².